The highest BCUT2D eigenvalue weighted by atomic mass is 16.5. The normalized spacial score (nSPS) is 24.4. The molecule has 0 heterocycles. The molecule has 0 saturated heterocycles. The first-order valence-electron chi connectivity index (χ1n) is 10.9. The first kappa shape index (κ1) is 27.7. The Kier molecular flexibility index (Phi) is 10.5. The Labute approximate surface area is 192 Å². The smallest absolute Gasteiger partial charge is 0.335 e. The van der Waals surface area contributed by atoms with Gasteiger partial charge >= 0.3 is 5.97 Å². The molecular formula is C26H38O6. The summed E-state index contributed by atoms with van der Waals surface area (Å²) in [6, 6.07) is 0. The molecule has 0 amide bonds. The highest BCUT2D eigenvalue weighted by molar-refractivity contribution is 6.00. The topological polar surface area (TPSA) is 89.9 Å². The molecule has 32 heavy (non-hydrogen) atoms. The maximum absolute atomic E-state index is 13.2. The number of ketones is 2. The van der Waals surface area contributed by atoms with Crippen molar-refractivity contribution >= 4 is 17.5 Å². The van der Waals surface area contributed by atoms with Crippen molar-refractivity contribution in [2.24, 2.45) is 17.3 Å². The fourth-order valence-corrected chi connectivity index (χ4v) is 3.88. The van der Waals surface area contributed by atoms with Crippen LogP contribution < -0.4 is 0 Å². The summed E-state index contributed by atoms with van der Waals surface area (Å²) >= 11 is 0. The summed E-state index contributed by atoms with van der Waals surface area (Å²) in [6.07, 6.45) is 11.4. The average molecular weight is 447 g/mol. The third-order valence-corrected chi connectivity index (χ3v) is 5.89. The van der Waals surface area contributed by atoms with E-state index in [1.807, 2.05) is 32.9 Å². The predicted molar refractivity (Wildman–Crippen MR) is 125 cm³/mol. The molecule has 0 saturated carbocycles. The van der Waals surface area contributed by atoms with E-state index in [0.29, 0.717) is 18.4 Å². The molecule has 3 atom stereocenters. The first-order chi connectivity index (χ1) is 14.8. The summed E-state index contributed by atoms with van der Waals surface area (Å²) in [5, 5.41) is 9.74. The van der Waals surface area contributed by atoms with Gasteiger partial charge in [0, 0.05) is 31.1 Å². The Morgan fingerprint density at radius 2 is 1.94 bits per heavy atom. The van der Waals surface area contributed by atoms with Crippen molar-refractivity contribution in [3.8, 4) is 0 Å². The van der Waals surface area contributed by atoms with Crippen molar-refractivity contribution in [2.45, 2.75) is 66.4 Å². The Morgan fingerprint density at radius 1 is 1.28 bits per heavy atom. The Balaban J connectivity index is 3.39. The zero-order valence-corrected chi connectivity index (χ0v) is 20.4. The van der Waals surface area contributed by atoms with Gasteiger partial charge < -0.3 is 19.4 Å². The number of methoxy groups -OCH3 is 1. The van der Waals surface area contributed by atoms with Gasteiger partial charge in [0.15, 0.2) is 5.78 Å². The highest BCUT2D eigenvalue weighted by Gasteiger charge is 2.43. The molecule has 0 aromatic rings. The predicted octanol–water partition coefficient (Wildman–Crippen LogP) is 4.49. The maximum Gasteiger partial charge on any atom is 0.335 e. The molecule has 0 unspecified atom stereocenters. The molecule has 0 spiro atoms. The lowest BCUT2D eigenvalue weighted by Gasteiger charge is -2.37. The van der Waals surface area contributed by atoms with Crippen LogP contribution in [0.5, 0.6) is 0 Å². The standard InChI is InChI=1S/C26H38O6/c1-18(2)15-23(29)32-14-10-22-21(16-19(3)28)24(30)20(17-27)9-13-26(22,6)12-8-11-25(4,5)31-7/h8-11,14-15,21-22,27H,12-13,16-17H2,1-7H3/b11-8+,14-10+/t21-,22-,26-/m0/s1. The lowest BCUT2D eigenvalue weighted by Crippen LogP contribution is -2.35. The molecule has 0 radical (unpaired) electrons. The van der Waals surface area contributed by atoms with E-state index < -0.39 is 22.9 Å². The average Bonchev–Trinajstić information content (AvgIpc) is 2.77. The molecule has 0 fully saturated rings. The molecule has 0 bridgehead atoms. The maximum atomic E-state index is 13.2. The minimum absolute atomic E-state index is 0.0516. The van der Waals surface area contributed by atoms with E-state index in [-0.39, 0.29) is 30.5 Å². The van der Waals surface area contributed by atoms with E-state index in [4.69, 9.17) is 9.47 Å². The quantitative estimate of drug-likeness (QED) is 0.230. The molecule has 1 rings (SSSR count). The molecule has 1 aliphatic carbocycles. The first-order valence-corrected chi connectivity index (χ1v) is 10.9. The van der Waals surface area contributed by atoms with Crippen molar-refractivity contribution in [1.29, 1.82) is 0 Å². The molecule has 6 heteroatoms. The van der Waals surface area contributed by atoms with Crippen molar-refractivity contribution in [2.75, 3.05) is 13.7 Å². The van der Waals surface area contributed by atoms with E-state index in [1.165, 1.54) is 19.3 Å². The van der Waals surface area contributed by atoms with Gasteiger partial charge in [0.1, 0.15) is 5.78 Å². The van der Waals surface area contributed by atoms with Gasteiger partial charge in [-0.2, -0.15) is 0 Å². The van der Waals surface area contributed by atoms with Crippen LogP contribution in [-0.2, 0) is 23.9 Å². The minimum Gasteiger partial charge on any atom is -0.432 e. The second kappa shape index (κ2) is 12.1. The van der Waals surface area contributed by atoms with Crippen molar-refractivity contribution in [3.63, 3.8) is 0 Å². The summed E-state index contributed by atoms with van der Waals surface area (Å²) in [7, 11) is 1.64. The molecule has 6 nitrogen and oxygen atoms in total. The molecule has 178 valence electrons. The number of carbonyl (C=O) groups is 3. The molecule has 1 N–H and O–H groups in total. The van der Waals surface area contributed by atoms with Gasteiger partial charge in [-0.1, -0.05) is 30.7 Å². The summed E-state index contributed by atoms with van der Waals surface area (Å²) in [5.74, 6) is -1.88. The fourth-order valence-electron chi connectivity index (χ4n) is 3.88. The van der Waals surface area contributed by atoms with Crippen LogP contribution in [0.25, 0.3) is 0 Å². The fraction of sp³-hybridized carbons (Fsp3) is 0.577. The monoisotopic (exact) mass is 446 g/mol. The third-order valence-electron chi connectivity index (χ3n) is 5.89. The second-order valence-electron chi connectivity index (χ2n) is 9.55. The highest BCUT2D eigenvalue weighted by Crippen LogP contribution is 2.46. The number of esters is 1. The van der Waals surface area contributed by atoms with Crippen molar-refractivity contribution < 1.29 is 29.0 Å². The van der Waals surface area contributed by atoms with Crippen LogP contribution in [-0.4, -0.2) is 42.0 Å². The van der Waals surface area contributed by atoms with Gasteiger partial charge in [0.2, 0.25) is 0 Å². The van der Waals surface area contributed by atoms with Gasteiger partial charge in [0.25, 0.3) is 0 Å². The Hall–Kier alpha value is -2.31. The van der Waals surface area contributed by atoms with E-state index in [1.54, 1.807) is 33.1 Å². The molecule has 0 aromatic heterocycles. The number of hydrogen-bond donors (Lipinski definition) is 1. The lowest BCUT2D eigenvalue weighted by molar-refractivity contribution is -0.132. The summed E-state index contributed by atoms with van der Waals surface area (Å²) in [5.41, 5.74) is 0.246. The van der Waals surface area contributed by atoms with E-state index in [0.717, 1.165) is 5.57 Å². The zero-order chi connectivity index (χ0) is 24.5. The molecule has 0 aliphatic heterocycles. The van der Waals surface area contributed by atoms with Crippen LogP contribution in [0.2, 0.25) is 0 Å². The van der Waals surface area contributed by atoms with Crippen LogP contribution in [0, 0.1) is 17.3 Å². The lowest BCUT2D eigenvalue weighted by atomic mass is 9.66. The number of ether oxygens (including phenoxy) is 2. The largest absolute Gasteiger partial charge is 0.432 e. The number of Topliss-reactive ketones (excluding diaryl/α,β-unsaturated/α-hetero) is 2. The summed E-state index contributed by atoms with van der Waals surface area (Å²) in [4.78, 5) is 37.1. The summed E-state index contributed by atoms with van der Waals surface area (Å²) < 4.78 is 10.7. The van der Waals surface area contributed by atoms with Gasteiger partial charge in [-0.3, -0.25) is 4.79 Å². The molecule has 0 aromatic carbocycles. The Morgan fingerprint density at radius 3 is 2.47 bits per heavy atom. The van der Waals surface area contributed by atoms with E-state index in [9.17, 15) is 19.5 Å². The second-order valence-corrected chi connectivity index (χ2v) is 9.55. The van der Waals surface area contributed by atoms with Crippen molar-refractivity contribution in [1.82, 2.24) is 0 Å². The van der Waals surface area contributed by atoms with Crippen LogP contribution in [0.15, 0.2) is 47.8 Å². The van der Waals surface area contributed by atoms with Crippen LogP contribution in [0.4, 0.5) is 0 Å². The number of aliphatic hydroxyl groups is 1. The van der Waals surface area contributed by atoms with Crippen LogP contribution in [0.3, 0.4) is 0 Å². The van der Waals surface area contributed by atoms with E-state index in [2.05, 4.69) is 0 Å². The number of carbonyl (C=O) groups excluding carboxylic acids is 3. The SMILES string of the molecule is COC(C)(C)/C=C/C[C@@]1(C)CC=C(CO)C(=O)[C@@H](CC(C)=O)[C@@H]1/C=C/OC(=O)C=C(C)C. The number of rotatable bonds is 10. The van der Waals surface area contributed by atoms with Gasteiger partial charge in [-0.05, 0) is 64.9 Å². The minimum atomic E-state index is -0.652. The summed E-state index contributed by atoms with van der Waals surface area (Å²) in [6.45, 7) is 10.6. The number of hydrogen-bond acceptors (Lipinski definition) is 6. The van der Waals surface area contributed by atoms with Crippen LogP contribution in [0.1, 0.15) is 60.8 Å². The third kappa shape index (κ3) is 8.32. The van der Waals surface area contributed by atoms with Crippen LogP contribution >= 0.6 is 0 Å². The number of aliphatic hydroxyl groups excluding tert-OH is 1. The van der Waals surface area contributed by atoms with Gasteiger partial charge in [-0.15, -0.1) is 0 Å². The van der Waals surface area contributed by atoms with E-state index >= 15 is 0 Å². The molecular weight excluding hydrogens is 408 g/mol. The zero-order valence-electron chi connectivity index (χ0n) is 20.4. The molecule has 1 aliphatic rings. The number of allylic oxidation sites excluding steroid dienone is 4. The van der Waals surface area contributed by atoms with Gasteiger partial charge in [0.05, 0.1) is 18.5 Å². The van der Waals surface area contributed by atoms with Gasteiger partial charge in [-0.25, -0.2) is 4.79 Å². The van der Waals surface area contributed by atoms with Crippen molar-refractivity contribution in [3.05, 3.63) is 47.8 Å². The Bertz CT molecular complexity index is 810.